The second-order valence-corrected chi connectivity index (χ2v) is 5.21. The Bertz CT molecular complexity index is 614. The van der Waals surface area contributed by atoms with Gasteiger partial charge in [0.05, 0.1) is 5.56 Å². The van der Waals surface area contributed by atoms with Crippen LogP contribution in [0.1, 0.15) is 15.9 Å². The second-order valence-electron chi connectivity index (χ2n) is 4.30. The smallest absolute Gasteiger partial charge is 0.337 e. The molecule has 0 aliphatic rings. The lowest BCUT2D eigenvalue weighted by molar-refractivity contribution is 0.0698. The minimum atomic E-state index is -0.976. The Balaban J connectivity index is 2.00. The van der Waals surface area contributed by atoms with Gasteiger partial charge in [-0.3, -0.25) is 0 Å². The Labute approximate surface area is 124 Å². The van der Waals surface area contributed by atoms with Crippen LogP contribution in [0.5, 0.6) is 0 Å². The van der Waals surface area contributed by atoms with Crippen LogP contribution in [-0.4, -0.2) is 17.6 Å². The molecule has 2 aromatic carbocycles. The van der Waals surface area contributed by atoms with E-state index >= 15 is 0 Å². The van der Waals surface area contributed by atoms with Gasteiger partial charge in [0.1, 0.15) is 5.82 Å². The fraction of sp³-hybridized carbons (Fsp3) is 0.133. The molecule has 3 nitrogen and oxygen atoms in total. The molecule has 0 heterocycles. The number of rotatable bonds is 5. The van der Waals surface area contributed by atoms with Gasteiger partial charge in [0.2, 0.25) is 0 Å². The van der Waals surface area contributed by atoms with Gasteiger partial charge in [0, 0.05) is 16.7 Å². The van der Waals surface area contributed by atoms with Crippen LogP contribution in [0.25, 0.3) is 0 Å². The largest absolute Gasteiger partial charge is 0.478 e. The minimum Gasteiger partial charge on any atom is -0.478 e. The third kappa shape index (κ3) is 3.81. The van der Waals surface area contributed by atoms with Crippen molar-refractivity contribution >= 4 is 27.6 Å². The molecule has 20 heavy (non-hydrogen) atoms. The number of carbonyl (C=O) groups is 1. The summed E-state index contributed by atoms with van der Waals surface area (Å²) in [6, 6.07) is 11.3. The molecule has 2 rings (SSSR count). The number of halogens is 2. The molecule has 104 valence electrons. The Morgan fingerprint density at radius 3 is 2.55 bits per heavy atom. The van der Waals surface area contributed by atoms with Crippen LogP contribution in [0.15, 0.2) is 46.9 Å². The molecule has 0 atom stereocenters. The first-order valence-corrected chi connectivity index (χ1v) is 6.87. The highest BCUT2D eigenvalue weighted by Gasteiger charge is 2.10. The second kappa shape index (κ2) is 6.52. The van der Waals surface area contributed by atoms with Gasteiger partial charge >= 0.3 is 5.97 Å². The first kappa shape index (κ1) is 14.5. The van der Waals surface area contributed by atoms with Gasteiger partial charge in [0.25, 0.3) is 0 Å². The molecular formula is C15H13BrFNO2. The molecule has 0 radical (unpaired) electrons. The Hall–Kier alpha value is -1.88. The van der Waals surface area contributed by atoms with Crippen LogP contribution in [0.3, 0.4) is 0 Å². The molecular weight excluding hydrogens is 325 g/mol. The van der Waals surface area contributed by atoms with Gasteiger partial charge in [0.15, 0.2) is 0 Å². The summed E-state index contributed by atoms with van der Waals surface area (Å²) in [6.07, 6.45) is 0.690. The third-order valence-electron chi connectivity index (χ3n) is 2.85. The molecule has 0 fully saturated rings. The van der Waals surface area contributed by atoms with Gasteiger partial charge in [-0.2, -0.15) is 0 Å². The summed E-state index contributed by atoms with van der Waals surface area (Å²) in [6.45, 7) is 0.577. The van der Waals surface area contributed by atoms with Crippen molar-refractivity contribution in [1.82, 2.24) is 0 Å². The maximum absolute atomic E-state index is 12.8. The van der Waals surface area contributed by atoms with Gasteiger partial charge < -0.3 is 10.4 Å². The van der Waals surface area contributed by atoms with E-state index in [1.807, 2.05) is 0 Å². The zero-order valence-electron chi connectivity index (χ0n) is 10.6. The van der Waals surface area contributed by atoms with Gasteiger partial charge in [-0.15, -0.1) is 0 Å². The molecule has 2 aromatic rings. The van der Waals surface area contributed by atoms with E-state index in [1.54, 1.807) is 30.3 Å². The van der Waals surface area contributed by atoms with Crippen molar-refractivity contribution < 1.29 is 14.3 Å². The summed E-state index contributed by atoms with van der Waals surface area (Å²) < 4.78 is 13.5. The van der Waals surface area contributed by atoms with Gasteiger partial charge in [-0.05, 0) is 42.3 Å². The number of hydrogen-bond acceptors (Lipinski definition) is 2. The fourth-order valence-electron chi connectivity index (χ4n) is 1.84. The molecule has 0 unspecified atom stereocenters. The zero-order valence-corrected chi connectivity index (χ0v) is 12.2. The summed E-state index contributed by atoms with van der Waals surface area (Å²) in [7, 11) is 0. The molecule has 0 aromatic heterocycles. The lowest BCUT2D eigenvalue weighted by atomic mass is 10.1. The normalized spacial score (nSPS) is 10.3. The van der Waals surface area contributed by atoms with Gasteiger partial charge in [-0.1, -0.05) is 28.1 Å². The fourth-order valence-corrected chi connectivity index (χ4v) is 2.20. The highest BCUT2D eigenvalue weighted by molar-refractivity contribution is 9.10. The highest BCUT2D eigenvalue weighted by Crippen LogP contribution is 2.21. The molecule has 0 bridgehead atoms. The van der Waals surface area contributed by atoms with Crippen LogP contribution in [0.2, 0.25) is 0 Å². The maximum atomic E-state index is 12.8. The van der Waals surface area contributed by atoms with Crippen molar-refractivity contribution in [2.45, 2.75) is 6.42 Å². The molecule has 0 amide bonds. The van der Waals surface area contributed by atoms with Crippen molar-refractivity contribution in [3.8, 4) is 0 Å². The average Bonchev–Trinajstić information content (AvgIpc) is 2.42. The summed E-state index contributed by atoms with van der Waals surface area (Å²) in [5.41, 5.74) is 1.79. The van der Waals surface area contributed by atoms with E-state index in [4.69, 9.17) is 5.11 Å². The molecule has 2 N–H and O–H groups in total. The van der Waals surface area contributed by atoms with Crippen molar-refractivity contribution in [1.29, 1.82) is 0 Å². The zero-order chi connectivity index (χ0) is 14.5. The van der Waals surface area contributed by atoms with Crippen molar-refractivity contribution in [3.05, 3.63) is 63.9 Å². The number of benzene rings is 2. The Morgan fingerprint density at radius 1 is 1.20 bits per heavy atom. The number of aromatic carboxylic acids is 1. The first-order chi connectivity index (χ1) is 9.56. The van der Waals surface area contributed by atoms with Crippen LogP contribution in [-0.2, 0) is 6.42 Å². The summed E-state index contributed by atoms with van der Waals surface area (Å²) in [5.74, 6) is -1.24. The lowest BCUT2D eigenvalue weighted by Crippen LogP contribution is -2.09. The average molecular weight is 338 g/mol. The molecule has 5 heteroatoms. The number of hydrogen-bond donors (Lipinski definition) is 2. The van der Waals surface area contributed by atoms with Crippen LogP contribution < -0.4 is 5.32 Å². The third-order valence-corrected chi connectivity index (χ3v) is 3.35. The Kier molecular flexibility index (Phi) is 4.74. The summed E-state index contributed by atoms with van der Waals surface area (Å²) in [5, 5.41) is 12.2. The maximum Gasteiger partial charge on any atom is 0.337 e. The number of carboxylic acids is 1. The highest BCUT2D eigenvalue weighted by atomic mass is 79.9. The van der Waals surface area contributed by atoms with Crippen molar-refractivity contribution in [2.24, 2.45) is 0 Å². The van der Waals surface area contributed by atoms with E-state index in [2.05, 4.69) is 21.2 Å². The van der Waals surface area contributed by atoms with E-state index < -0.39 is 5.97 Å². The predicted octanol–water partition coefficient (Wildman–Crippen LogP) is 3.94. The predicted molar refractivity (Wildman–Crippen MR) is 79.7 cm³/mol. The topological polar surface area (TPSA) is 49.3 Å². The lowest BCUT2D eigenvalue weighted by Gasteiger charge is -2.10. The number of nitrogens with one attached hydrogen (secondary N) is 1. The monoisotopic (exact) mass is 337 g/mol. The van der Waals surface area contributed by atoms with Crippen LogP contribution >= 0.6 is 15.9 Å². The number of anilines is 1. The van der Waals surface area contributed by atoms with Crippen molar-refractivity contribution in [3.63, 3.8) is 0 Å². The summed E-state index contributed by atoms with van der Waals surface area (Å²) in [4.78, 5) is 11.1. The Morgan fingerprint density at radius 2 is 1.90 bits per heavy atom. The SMILES string of the molecule is O=C(O)c1cc(Br)ccc1NCCc1ccc(F)cc1. The summed E-state index contributed by atoms with van der Waals surface area (Å²) >= 11 is 3.25. The molecule has 0 saturated carbocycles. The van der Waals surface area contributed by atoms with Crippen molar-refractivity contribution in [2.75, 3.05) is 11.9 Å². The van der Waals surface area contributed by atoms with E-state index in [9.17, 15) is 9.18 Å². The van der Waals surface area contributed by atoms with Crippen LogP contribution in [0, 0.1) is 5.82 Å². The minimum absolute atomic E-state index is 0.221. The molecule has 0 saturated heterocycles. The molecule has 0 aliphatic heterocycles. The molecule has 0 aliphatic carbocycles. The van der Waals surface area contributed by atoms with E-state index in [0.717, 1.165) is 10.0 Å². The van der Waals surface area contributed by atoms with E-state index in [1.165, 1.54) is 12.1 Å². The standard InChI is InChI=1S/C15H13BrFNO2/c16-11-3-6-14(13(9-11)15(19)20)18-8-7-10-1-4-12(17)5-2-10/h1-6,9,18H,7-8H2,(H,19,20). The van der Waals surface area contributed by atoms with E-state index in [0.29, 0.717) is 18.7 Å². The first-order valence-electron chi connectivity index (χ1n) is 6.07. The quantitative estimate of drug-likeness (QED) is 0.868. The van der Waals surface area contributed by atoms with E-state index in [-0.39, 0.29) is 11.4 Å². The molecule has 0 spiro atoms. The van der Waals surface area contributed by atoms with Crippen LogP contribution in [0.4, 0.5) is 10.1 Å². The number of carboxylic acid groups (broad SMARTS) is 1. The van der Waals surface area contributed by atoms with Gasteiger partial charge in [-0.25, -0.2) is 9.18 Å².